The maximum atomic E-state index is 12.0. The molecule has 0 atom stereocenters. The largest absolute Gasteiger partial charge is 0.496 e. The molecule has 0 unspecified atom stereocenters. The highest BCUT2D eigenvalue weighted by Crippen LogP contribution is 2.48. The summed E-state index contributed by atoms with van der Waals surface area (Å²) >= 11 is 0. The van der Waals surface area contributed by atoms with Gasteiger partial charge in [-0.15, -0.1) is 0 Å². The third-order valence-electron chi connectivity index (χ3n) is 5.15. The summed E-state index contributed by atoms with van der Waals surface area (Å²) in [6, 6.07) is 4.06. The fourth-order valence-electron chi connectivity index (χ4n) is 4.02. The molecule has 114 valence electrons. The highest BCUT2D eigenvalue weighted by Gasteiger charge is 2.45. The van der Waals surface area contributed by atoms with Gasteiger partial charge in [0.15, 0.2) is 0 Å². The number of ether oxygens (including phenoxy) is 1. The van der Waals surface area contributed by atoms with Crippen molar-refractivity contribution in [2.24, 2.45) is 0 Å². The highest BCUT2D eigenvalue weighted by molar-refractivity contribution is 5.84. The lowest BCUT2D eigenvalue weighted by Gasteiger charge is -2.33. The number of benzene rings is 1. The number of hydrogen-bond acceptors (Lipinski definition) is 3. The second kappa shape index (κ2) is 5.24. The Balaban J connectivity index is 2.17. The van der Waals surface area contributed by atoms with E-state index in [0.717, 1.165) is 43.5 Å². The van der Waals surface area contributed by atoms with Crippen LogP contribution in [0.1, 0.15) is 43.2 Å². The summed E-state index contributed by atoms with van der Waals surface area (Å²) in [5.74, 6) is 0.103. The summed E-state index contributed by atoms with van der Waals surface area (Å²) in [5.41, 5.74) is 2.48. The van der Waals surface area contributed by atoms with E-state index in [0.29, 0.717) is 12.8 Å². The van der Waals surface area contributed by atoms with Crippen molar-refractivity contribution in [1.82, 2.24) is 0 Å². The number of fused-ring (bicyclic) bond motifs is 1. The Morgan fingerprint density at radius 2 is 2.00 bits per heavy atom. The van der Waals surface area contributed by atoms with Crippen LogP contribution in [0.25, 0.3) is 0 Å². The Kier molecular flexibility index (Phi) is 3.56. The van der Waals surface area contributed by atoms with Crippen LogP contribution in [0.5, 0.6) is 5.75 Å². The summed E-state index contributed by atoms with van der Waals surface area (Å²) in [4.78, 5) is 14.2. The molecule has 1 aliphatic carbocycles. The molecule has 1 aromatic rings. The lowest BCUT2D eigenvalue weighted by atomic mass is 9.77. The van der Waals surface area contributed by atoms with Gasteiger partial charge in [0.1, 0.15) is 5.75 Å². The number of hydrogen-bond donors (Lipinski definition) is 1. The predicted molar refractivity (Wildman–Crippen MR) is 82.4 cm³/mol. The number of carboxylic acid groups (broad SMARTS) is 1. The van der Waals surface area contributed by atoms with E-state index in [2.05, 4.69) is 18.0 Å². The molecule has 0 aromatic heterocycles. The molecule has 2 aliphatic rings. The molecule has 1 saturated carbocycles. The van der Waals surface area contributed by atoms with E-state index in [1.54, 1.807) is 7.11 Å². The minimum Gasteiger partial charge on any atom is -0.496 e. The Morgan fingerprint density at radius 1 is 1.29 bits per heavy atom. The predicted octanol–water partition coefficient (Wildman–Crippen LogP) is 2.97. The normalized spacial score (nSPS) is 20.2. The molecule has 0 amide bonds. The quantitative estimate of drug-likeness (QED) is 0.929. The second-order valence-corrected chi connectivity index (χ2v) is 6.26. The van der Waals surface area contributed by atoms with Gasteiger partial charge in [0.05, 0.1) is 12.5 Å². The molecule has 0 bridgehead atoms. The molecular formula is C17H23NO3. The average molecular weight is 289 g/mol. The summed E-state index contributed by atoms with van der Waals surface area (Å²) < 4.78 is 5.69. The smallest absolute Gasteiger partial charge is 0.314 e. The van der Waals surface area contributed by atoms with Crippen molar-refractivity contribution >= 4 is 11.7 Å². The Hall–Kier alpha value is -1.71. The molecule has 1 heterocycles. The van der Waals surface area contributed by atoms with Crippen molar-refractivity contribution in [3.63, 3.8) is 0 Å². The molecule has 21 heavy (non-hydrogen) atoms. The minimum absolute atomic E-state index is 0.706. The maximum Gasteiger partial charge on any atom is 0.314 e. The van der Waals surface area contributed by atoms with Crippen LogP contribution < -0.4 is 9.64 Å². The van der Waals surface area contributed by atoms with Gasteiger partial charge in [0.25, 0.3) is 0 Å². The second-order valence-electron chi connectivity index (χ2n) is 6.26. The molecule has 4 heteroatoms. The van der Waals surface area contributed by atoms with E-state index in [4.69, 9.17) is 4.74 Å². The van der Waals surface area contributed by atoms with Crippen molar-refractivity contribution in [2.45, 2.75) is 43.9 Å². The molecule has 0 radical (unpaired) electrons. The van der Waals surface area contributed by atoms with Gasteiger partial charge < -0.3 is 14.7 Å². The molecular weight excluding hydrogens is 266 g/mol. The zero-order valence-corrected chi connectivity index (χ0v) is 12.8. The van der Waals surface area contributed by atoms with Crippen LogP contribution >= 0.6 is 0 Å². The van der Waals surface area contributed by atoms with Crippen molar-refractivity contribution in [1.29, 1.82) is 0 Å². The van der Waals surface area contributed by atoms with E-state index >= 15 is 0 Å². The summed E-state index contributed by atoms with van der Waals surface area (Å²) in [6.45, 7) is 1.04. The van der Waals surface area contributed by atoms with Crippen molar-refractivity contribution in [3.8, 4) is 5.75 Å². The first-order valence-electron chi connectivity index (χ1n) is 7.75. The van der Waals surface area contributed by atoms with Gasteiger partial charge in [-0.3, -0.25) is 4.79 Å². The Morgan fingerprint density at radius 3 is 2.62 bits per heavy atom. The van der Waals surface area contributed by atoms with Crippen molar-refractivity contribution in [2.75, 3.05) is 25.6 Å². The summed E-state index contributed by atoms with van der Waals surface area (Å²) in [6.07, 6.45) is 5.44. The number of nitrogens with zero attached hydrogens (tertiary/aromatic N) is 1. The number of anilines is 1. The highest BCUT2D eigenvalue weighted by atomic mass is 16.5. The first-order valence-corrected chi connectivity index (χ1v) is 7.75. The first-order chi connectivity index (χ1) is 10.1. The van der Waals surface area contributed by atoms with Crippen LogP contribution in [0.2, 0.25) is 0 Å². The maximum absolute atomic E-state index is 12.0. The number of rotatable bonds is 3. The lowest BCUT2D eigenvalue weighted by molar-refractivity contribution is -0.143. The standard InChI is InChI=1S/C17H23NO3/c1-18-11-5-6-12-14(18)8-7-13(15(12)21-2)17(16(19)20)9-3-4-10-17/h7-8H,3-6,9-11H2,1-2H3,(H,19,20). The van der Waals surface area contributed by atoms with Crippen LogP contribution in [-0.2, 0) is 16.6 Å². The fraction of sp³-hybridized carbons (Fsp3) is 0.588. The monoisotopic (exact) mass is 289 g/mol. The summed E-state index contributed by atoms with van der Waals surface area (Å²) in [5, 5.41) is 9.83. The van der Waals surface area contributed by atoms with Gasteiger partial charge in [0, 0.05) is 30.4 Å². The van der Waals surface area contributed by atoms with Gasteiger partial charge in [-0.25, -0.2) is 0 Å². The van der Waals surface area contributed by atoms with Crippen LogP contribution in [-0.4, -0.2) is 31.8 Å². The van der Waals surface area contributed by atoms with Crippen LogP contribution in [0, 0.1) is 0 Å². The van der Waals surface area contributed by atoms with Crippen LogP contribution in [0.3, 0.4) is 0 Å². The van der Waals surface area contributed by atoms with E-state index < -0.39 is 11.4 Å². The topological polar surface area (TPSA) is 49.8 Å². The van der Waals surface area contributed by atoms with Crippen molar-refractivity contribution < 1.29 is 14.6 Å². The van der Waals surface area contributed by atoms with Gasteiger partial charge in [-0.2, -0.15) is 0 Å². The lowest BCUT2D eigenvalue weighted by Crippen LogP contribution is -2.34. The zero-order valence-electron chi connectivity index (χ0n) is 12.8. The van der Waals surface area contributed by atoms with Gasteiger partial charge in [-0.1, -0.05) is 18.9 Å². The number of carbonyl (C=O) groups is 1. The Bertz CT molecular complexity index is 561. The minimum atomic E-state index is -0.754. The van der Waals surface area contributed by atoms with Gasteiger partial charge in [0.2, 0.25) is 0 Å². The molecule has 1 aromatic carbocycles. The number of carboxylic acids is 1. The number of methoxy groups -OCH3 is 1. The van der Waals surface area contributed by atoms with Gasteiger partial charge >= 0.3 is 5.97 Å². The van der Waals surface area contributed by atoms with Gasteiger partial charge in [-0.05, 0) is 31.7 Å². The SMILES string of the molecule is COc1c(C2(C(=O)O)CCCC2)ccc2c1CCCN2C. The third-order valence-corrected chi connectivity index (χ3v) is 5.15. The number of aliphatic carboxylic acids is 1. The molecule has 1 N–H and O–H groups in total. The van der Waals surface area contributed by atoms with Crippen LogP contribution in [0.15, 0.2) is 12.1 Å². The van der Waals surface area contributed by atoms with Crippen molar-refractivity contribution in [3.05, 3.63) is 23.3 Å². The zero-order chi connectivity index (χ0) is 15.0. The van der Waals surface area contributed by atoms with Crippen LogP contribution in [0.4, 0.5) is 5.69 Å². The first kappa shape index (κ1) is 14.2. The van der Waals surface area contributed by atoms with E-state index in [-0.39, 0.29) is 0 Å². The third kappa shape index (κ3) is 2.08. The summed E-state index contributed by atoms with van der Waals surface area (Å²) in [7, 11) is 3.75. The van der Waals surface area contributed by atoms with E-state index in [1.165, 1.54) is 11.3 Å². The molecule has 3 rings (SSSR count). The fourth-order valence-corrected chi connectivity index (χ4v) is 4.02. The Labute approximate surface area is 125 Å². The molecule has 0 spiro atoms. The molecule has 4 nitrogen and oxygen atoms in total. The van der Waals surface area contributed by atoms with E-state index in [9.17, 15) is 9.90 Å². The molecule has 1 fully saturated rings. The van der Waals surface area contributed by atoms with E-state index in [1.807, 2.05) is 6.07 Å². The average Bonchev–Trinajstić information content (AvgIpc) is 2.97. The molecule has 0 saturated heterocycles. The molecule has 1 aliphatic heterocycles.